The van der Waals surface area contributed by atoms with E-state index in [1.807, 2.05) is 6.92 Å². The van der Waals surface area contributed by atoms with Crippen LogP contribution in [-0.2, 0) is 4.79 Å². The van der Waals surface area contributed by atoms with Crippen molar-refractivity contribution in [1.29, 1.82) is 0 Å². The molecule has 1 fully saturated rings. The first-order valence-corrected chi connectivity index (χ1v) is 6.97. The first-order chi connectivity index (χ1) is 9.47. The third-order valence-corrected chi connectivity index (χ3v) is 3.93. The second-order valence-electron chi connectivity index (χ2n) is 5.51. The van der Waals surface area contributed by atoms with Gasteiger partial charge < -0.3 is 5.32 Å². The Morgan fingerprint density at radius 1 is 1.35 bits per heavy atom. The molecule has 1 aromatic carbocycles. The maximum absolute atomic E-state index is 13.5. The molecule has 1 aromatic rings. The van der Waals surface area contributed by atoms with Gasteiger partial charge in [0.1, 0.15) is 11.6 Å². The third-order valence-electron chi connectivity index (χ3n) is 3.93. The first kappa shape index (κ1) is 14.9. The summed E-state index contributed by atoms with van der Waals surface area (Å²) >= 11 is 0. The normalized spacial score (nSPS) is 18.8. The molecule has 0 unspecified atom stereocenters. The van der Waals surface area contributed by atoms with Crippen molar-refractivity contribution in [2.45, 2.75) is 32.7 Å². The molecule has 1 amide bonds. The molecular formula is C15H20F2N2O. The van der Waals surface area contributed by atoms with Crippen LogP contribution in [-0.4, -0.2) is 29.9 Å². The van der Waals surface area contributed by atoms with Gasteiger partial charge in [-0.2, -0.15) is 0 Å². The van der Waals surface area contributed by atoms with Crippen LogP contribution in [0, 0.1) is 17.6 Å². The molecule has 0 saturated carbocycles. The summed E-state index contributed by atoms with van der Waals surface area (Å²) in [7, 11) is 0. The van der Waals surface area contributed by atoms with Crippen LogP contribution >= 0.6 is 0 Å². The summed E-state index contributed by atoms with van der Waals surface area (Å²) in [5.41, 5.74) is 0.0219. The van der Waals surface area contributed by atoms with E-state index in [2.05, 4.69) is 17.1 Å². The number of hydrogen-bond donors (Lipinski definition) is 1. The maximum Gasteiger partial charge on any atom is 0.241 e. The first-order valence-electron chi connectivity index (χ1n) is 6.97. The zero-order valence-corrected chi connectivity index (χ0v) is 11.8. The summed E-state index contributed by atoms with van der Waals surface area (Å²) in [6.07, 6.45) is 2.14. The van der Waals surface area contributed by atoms with Crippen LogP contribution in [0.1, 0.15) is 26.7 Å². The van der Waals surface area contributed by atoms with Gasteiger partial charge in [-0.15, -0.1) is 0 Å². The lowest BCUT2D eigenvalue weighted by molar-refractivity contribution is -0.121. The number of halogens is 2. The topological polar surface area (TPSA) is 32.3 Å². The van der Waals surface area contributed by atoms with Crippen LogP contribution in [0.4, 0.5) is 14.5 Å². The van der Waals surface area contributed by atoms with E-state index >= 15 is 0 Å². The second-order valence-corrected chi connectivity index (χ2v) is 5.51. The highest BCUT2D eigenvalue weighted by Gasteiger charge is 2.25. The highest BCUT2D eigenvalue weighted by molar-refractivity contribution is 5.94. The molecule has 3 nitrogen and oxygen atoms in total. The minimum Gasteiger partial charge on any atom is -0.322 e. The molecule has 110 valence electrons. The van der Waals surface area contributed by atoms with E-state index in [-0.39, 0.29) is 17.6 Å². The van der Waals surface area contributed by atoms with Crippen LogP contribution in [0.15, 0.2) is 18.2 Å². The van der Waals surface area contributed by atoms with Gasteiger partial charge in [0.25, 0.3) is 0 Å². The number of nitrogens with zero attached hydrogens (tertiary/aromatic N) is 1. The van der Waals surface area contributed by atoms with E-state index in [0.29, 0.717) is 5.92 Å². The SMILES string of the molecule is CC1CCN([C@@H](C)C(=O)Nc2ccc(F)cc2F)CC1. The van der Waals surface area contributed by atoms with Crippen molar-refractivity contribution >= 4 is 11.6 Å². The lowest BCUT2D eigenvalue weighted by atomic mass is 9.98. The van der Waals surface area contributed by atoms with Crippen LogP contribution in [0.2, 0.25) is 0 Å². The van der Waals surface area contributed by atoms with Crippen molar-refractivity contribution in [3.63, 3.8) is 0 Å². The largest absolute Gasteiger partial charge is 0.322 e. The van der Waals surface area contributed by atoms with E-state index < -0.39 is 11.6 Å². The average Bonchev–Trinajstić information content (AvgIpc) is 2.42. The van der Waals surface area contributed by atoms with Crippen molar-refractivity contribution in [3.05, 3.63) is 29.8 Å². The molecule has 1 aliphatic heterocycles. The Balaban J connectivity index is 1.97. The molecule has 0 radical (unpaired) electrons. The highest BCUT2D eigenvalue weighted by Crippen LogP contribution is 2.20. The highest BCUT2D eigenvalue weighted by atomic mass is 19.1. The molecule has 0 aliphatic carbocycles. The minimum atomic E-state index is -0.752. The predicted octanol–water partition coefficient (Wildman–Crippen LogP) is 3.02. The fourth-order valence-electron chi connectivity index (χ4n) is 2.41. The number of piperidine rings is 1. The van der Waals surface area contributed by atoms with E-state index in [0.717, 1.165) is 38.1 Å². The molecule has 0 bridgehead atoms. The fraction of sp³-hybridized carbons (Fsp3) is 0.533. The van der Waals surface area contributed by atoms with Crippen LogP contribution in [0.5, 0.6) is 0 Å². The number of nitrogens with one attached hydrogen (secondary N) is 1. The van der Waals surface area contributed by atoms with Crippen molar-refractivity contribution < 1.29 is 13.6 Å². The Kier molecular flexibility index (Phi) is 4.70. The summed E-state index contributed by atoms with van der Waals surface area (Å²) in [6, 6.07) is 2.83. The molecule has 1 aliphatic rings. The van der Waals surface area contributed by atoms with Crippen LogP contribution < -0.4 is 5.32 Å². The van der Waals surface area contributed by atoms with Gasteiger partial charge in [0.15, 0.2) is 0 Å². The molecule has 1 heterocycles. The number of anilines is 1. The van der Waals surface area contributed by atoms with Crippen LogP contribution in [0.25, 0.3) is 0 Å². The zero-order valence-electron chi connectivity index (χ0n) is 11.8. The number of hydrogen-bond acceptors (Lipinski definition) is 2. The number of carbonyl (C=O) groups excluding carboxylic acids is 1. The Morgan fingerprint density at radius 3 is 2.60 bits per heavy atom. The van der Waals surface area contributed by atoms with Gasteiger partial charge in [0.05, 0.1) is 11.7 Å². The average molecular weight is 282 g/mol. The second kappa shape index (κ2) is 6.31. The fourth-order valence-corrected chi connectivity index (χ4v) is 2.41. The van der Waals surface area contributed by atoms with Gasteiger partial charge >= 0.3 is 0 Å². The molecule has 20 heavy (non-hydrogen) atoms. The van der Waals surface area contributed by atoms with E-state index in [1.165, 1.54) is 6.07 Å². The van der Waals surface area contributed by atoms with Crippen LogP contribution in [0.3, 0.4) is 0 Å². The van der Waals surface area contributed by atoms with E-state index in [1.54, 1.807) is 0 Å². The Labute approximate surface area is 118 Å². The van der Waals surface area contributed by atoms with Crippen molar-refractivity contribution in [1.82, 2.24) is 4.90 Å². The molecule has 5 heteroatoms. The Hall–Kier alpha value is -1.49. The van der Waals surface area contributed by atoms with E-state index in [4.69, 9.17) is 0 Å². The summed E-state index contributed by atoms with van der Waals surface area (Å²) in [6.45, 7) is 5.77. The molecule has 2 rings (SSSR count). The molecular weight excluding hydrogens is 262 g/mol. The van der Waals surface area contributed by atoms with Crippen molar-refractivity contribution in [2.75, 3.05) is 18.4 Å². The quantitative estimate of drug-likeness (QED) is 0.924. The number of carbonyl (C=O) groups is 1. The smallest absolute Gasteiger partial charge is 0.241 e. The molecule has 1 atom stereocenters. The van der Waals surface area contributed by atoms with Gasteiger partial charge in [0.2, 0.25) is 5.91 Å². The summed E-state index contributed by atoms with van der Waals surface area (Å²) in [5, 5.41) is 2.52. The molecule has 1 N–H and O–H groups in total. The Morgan fingerprint density at radius 2 is 2.00 bits per heavy atom. The minimum absolute atomic E-state index is 0.0219. The van der Waals surface area contributed by atoms with Gasteiger partial charge in [-0.25, -0.2) is 8.78 Å². The number of benzene rings is 1. The molecule has 1 saturated heterocycles. The number of amides is 1. The molecule has 0 aromatic heterocycles. The lowest BCUT2D eigenvalue weighted by Crippen LogP contribution is -2.45. The predicted molar refractivity (Wildman–Crippen MR) is 74.4 cm³/mol. The van der Waals surface area contributed by atoms with Crippen molar-refractivity contribution in [3.8, 4) is 0 Å². The Bertz CT molecular complexity index is 485. The summed E-state index contributed by atoms with van der Waals surface area (Å²) < 4.78 is 26.3. The standard InChI is InChI=1S/C15H20F2N2O/c1-10-5-7-19(8-6-10)11(2)15(20)18-14-4-3-12(16)9-13(14)17/h3-4,9-11H,5-8H2,1-2H3,(H,18,20)/t11-/m0/s1. The van der Waals surface area contributed by atoms with Gasteiger partial charge in [-0.3, -0.25) is 9.69 Å². The summed E-state index contributed by atoms with van der Waals surface area (Å²) in [5.74, 6) is -0.975. The third kappa shape index (κ3) is 3.54. The monoisotopic (exact) mass is 282 g/mol. The lowest BCUT2D eigenvalue weighted by Gasteiger charge is -2.34. The zero-order chi connectivity index (χ0) is 14.7. The van der Waals surface area contributed by atoms with E-state index in [9.17, 15) is 13.6 Å². The summed E-state index contributed by atoms with van der Waals surface area (Å²) in [4.78, 5) is 14.2. The van der Waals surface area contributed by atoms with Gasteiger partial charge in [0, 0.05) is 6.07 Å². The maximum atomic E-state index is 13.5. The number of likely N-dealkylation sites (tertiary alicyclic amines) is 1. The van der Waals surface area contributed by atoms with Gasteiger partial charge in [-0.05, 0) is 50.9 Å². The molecule has 0 spiro atoms. The number of rotatable bonds is 3. The van der Waals surface area contributed by atoms with Gasteiger partial charge in [-0.1, -0.05) is 6.92 Å². The van der Waals surface area contributed by atoms with Crippen molar-refractivity contribution in [2.24, 2.45) is 5.92 Å².